The number of hydrogen-bond acceptors (Lipinski definition) is 3. The van der Waals surface area contributed by atoms with Crippen molar-refractivity contribution in [3.05, 3.63) is 27.7 Å². The zero-order chi connectivity index (χ0) is 12.7. The fourth-order valence-corrected chi connectivity index (χ4v) is 2.08. The van der Waals surface area contributed by atoms with Crippen molar-refractivity contribution in [1.29, 1.82) is 0 Å². The number of methoxy groups -OCH3 is 1. The van der Waals surface area contributed by atoms with Crippen molar-refractivity contribution in [2.45, 2.75) is 13.0 Å². The average Bonchev–Trinajstić information content (AvgIpc) is 2.28. The van der Waals surface area contributed by atoms with Crippen molar-refractivity contribution in [1.82, 2.24) is 5.32 Å². The van der Waals surface area contributed by atoms with E-state index in [2.05, 4.69) is 21.2 Å². The minimum Gasteiger partial charge on any atom is -0.488 e. The first-order valence-corrected chi connectivity index (χ1v) is 6.62. The van der Waals surface area contributed by atoms with E-state index in [0.29, 0.717) is 11.6 Å². The first kappa shape index (κ1) is 14.8. The molecule has 0 amide bonds. The van der Waals surface area contributed by atoms with Crippen LogP contribution in [0.1, 0.15) is 6.92 Å². The third kappa shape index (κ3) is 5.73. The van der Waals surface area contributed by atoms with Crippen LogP contribution in [0.5, 0.6) is 5.75 Å². The summed E-state index contributed by atoms with van der Waals surface area (Å²) in [5.41, 5.74) is 0. The maximum atomic E-state index is 5.86. The van der Waals surface area contributed by atoms with Crippen LogP contribution in [0, 0.1) is 0 Å². The number of halogens is 2. The predicted octanol–water partition coefficient (Wildman–Crippen LogP) is 3.11. The highest BCUT2D eigenvalue weighted by Crippen LogP contribution is 2.28. The molecule has 0 bridgehead atoms. The van der Waals surface area contributed by atoms with Gasteiger partial charge in [-0.2, -0.15) is 0 Å². The van der Waals surface area contributed by atoms with Crippen LogP contribution >= 0.6 is 27.5 Å². The largest absolute Gasteiger partial charge is 0.488 e. The summed E-state index contributed by atoms with van der Waals surface area (Å²) in [6, 6.07) is 5.49. The van der Waals surface area contributed by atoms with Gasteiger partial charge in [0.15, 0.2) is 0 Å². The Morgan fingerprint density at radius 1 is 1.47 bits per heavy atom. The minimum atomic E-state index is 0.0873. The fraction of sp³-hybridized carbons (Fsp3) is 0.500. The summed E-state index contributed by atoms with van der Waals surface area (Å²) in [5, 5.41) is 3.94. The van der Waals surface area contributed by atoms with Gasteiger partial charge in [0.05, 0.1) is 11.1 Å². The van der Waals surface area contributed by atoms with Crippen molar-refractivity contribution < 1.29 is 9.47 Å². The van der Waals surface area contributed by atoms with Crippen LogP contribution in [0.4, 0.5) is 0 Å². The summed E-state index contributed by atoms with van der Waals surface area (Å²) in [6.45, 7) is 4.32. The van der Waals surface area contributed by atoms with Crippen molar-refractivity contribution >= 4 is 27.5 Å². The van der Waals surface area contributed by atoms with Gasteiger partial charge in [0.1, 0.15) is 11.9 Å². The van der Waals surface area contributed by atoms with E-state index in [0.717, 1.165) is 23.3 Å². The third-order valence-corrected chi connectivity index (χ3v) is 2.99. The first-order valence-electron chi connectivity index (χ1n) is 5.45. The molecule has 0 heterocycles. The molecule has 0 fully saturated rings. The lowest BCUT2D eigenvalue weighted by Gasteiger charge is -2.16. The lowest BCUT2D eigenvalue weighted by molar-refractivity contribution is 0.184. The van der Waals surface area contributed by atoms with E-state index in [1.807, 2.05) is 25.1 Å². The van der Waals surface area contributed by atoms with E-state index in [9.17, 15) is 0 Å². The molecule has 96 valence electrons. The highest BCUT2D eigenvalue weighted by molar-refractivity contribution is 9.10. The van der Waals surface area contributed by atoms with Gasteiger partial charge in [-0.15, -0.1) is 0 Å². The molecule has 17 heavy (non-hydrogen) atoms. The Labute approximate surface area is 116 Å². The molecule has 1 rings (SSSR count). The van der Waals surface area contributed by atoms with Crippen molar-refractivity contribution in [3.8, 4) is 5.75 Å². The van der Waals surface area contributed by atoms with Crippen molar-refractivity contribution in [2.75, 3.05) is 26.8 Å². The molecule has 3 nitrogen and oxygen atoms in total. The molecule has 0 saturated carbocycles. The molecule has 1 unspecified atom stereocenters. The van der Waals surface area contributed by atoms with E-state index < -0.39 is 0 Å². The highest BCUT2D eigenvalue weighted by Gasteiger charge is 2.07. The lowest BCUT2D eigenvalue weighted by Crippen LogP contribution is -2.31. The molecular weight excluding hydrogens is 305 g/mol. The minimum absolute atomic E-state index is 0.0873. The Hall–Kier alpha value is -0.290. The number of nitrogens with one attached hydrogen (secondary N) is 1. The van der Waals surface area contributed by atoms with E-state index in [-0.39, 0.29) is 6.10 Å². The van der Waals surface area contributed by atoms with E-state index in [1.54, 1.807) is 7.11 Å². The number of hydrogen-bond donors (Lipinski definition) is 1. The maximum Gasteiger partial charge on any atom is 0.134 e. The van der Waals surface area contributed by atoms with E-state index >= 15 is 0 Å². The van der Waals surface area contributed by atoms with Gasteiger partial charge in [-0.05, 0) is 41.1 Å². The van der Waals surface area contributed by atoms with Crippen LogP contribution in [0.3, 0.4) is 0 Å². The summed E-state index contributed by atoms with van der Waals surface area (Å²) >= 11 is 9.28. The van der Waals surface area contributed by atoms with E-state index in [4.69, 9.17) is 21.1 Å². The fourth-order valence-electron chi connectivity index (χ4n) is 1.31. The number of ether oxygens (including phenoxy) is 2. The molecule has 0 aliphatic heterocycles. The third-order valence-electron chi connectivity index (χ3n) is 2.14. The number of benzene rings is 1. The Balaban J connectivity index is 2.37. The standard InChI is InChI=1S/C12H17BrClNO2/c1-9(8-15-5-6-16-2)17-12-4-3-10(14)7-11(12)13/h3-4,7,9,15H,5-6,8H2,1-2H3. The maximum absolute atomic E-state index is 5.86. The van der Waals surface area contributed by atoms with Crippen LogP contribution in [0.15, 0.2) is 22.7 Å². The van der Waals surface area contributed by atoms with Gasteiger partial charge in [0.2, 0.25) is 0 Å². The molecule has 0 aromatic heterocycles. The summed E-state index contributed by atoms with van der Waals surface area (Å²) in [4.78, 5) is 0. The summed E-state index contributed by atoms with van der Waals surface area (Å²) in [7, 11) is 1.69. The SMILES string of the molecule is COCCNCC(C)Oc1ccc(Cl)cc1Br. The summed E-state index contributed by atoms with van der Waals surface area (Å²) < 4.78 is 11.6. The number of rotatable bonds is 7. The van der Waals surface area contributed by atoms with Crippen LogP contribution in [0.25, 0.3) is 0 Å². The zero-order valence-corrected chi connectivity index (χ0v) is 12.3. The van der Waals surface area contributed by atoms with Gasteiger partial charge in [-0.3, -0.25) is 0 Å². The lowest BCUT2D eigenvalue weighted by atomic mass is 10.3. The molecule has 0 aliphatic rings. The smallest absolute Gasteiger partial charge is 0.134 e. The molecule has 0 aliphatic carbocycles. The van der Waals surface area contributed by atoms with Crippen LogP contribution < -0.4 is 10.1 Å². The Morgan fingerprint density at radius 2 is 2.24 bits per heavy atom. The van der Waals surface area contributed by atoms with Gasteiger partial charge in [-0.1, -0.05) is 11.6 Å². The van der Waals surface area contributed by atoms with E-state index in [1.165, 1.54) is 0 Å². The Morgan fingerprint density at radius 3 is 2.88 bits per heavy atom. The molecule has 0 saturated heterocycles. The van der Waals surface area contributed by atoms with Gasteiger partial charge in [0, 0.05) is 25.2 Å². The van der Waals surface area contributed by atoms with Gasteiger partial charge in [-0.25, -0.2) is 0 Å². The van der Waals surface area contributed by atoms with Gasteiger partial charge in [0.25, 0.3) is 0 Å². The zero-order valence-electron chi connectivity index (χ0n) is 10.0. The van der Waals surface area contributed by atoms with Crippen LogP contribution in [0.2, 0.25) is 5.02 Å². The average molecular weight is 323 g/mol. The quantitative estimate of drug-likeness (QED) is 0.783. The molecule has 5 heteroatoms. The van der Waals surface area contributed by atoms with Gasteiger partial charge < -0.3 is 14.8 Å². The Kier molecular flexibility index (Phi) is 6.89. The van der Waals surface area contributed by atoms with Crippen LogP contribution in [-0.2, 0) is 4.74 Å². The Bertz CT molecular complexity index is 349. The molecule has 1 aromatic rings. The second-order valence-corrected chi connectivity index (χ2v) is 4.99. The summed E-state index contributed by atoms with van der Waals surface area (Å²) in [5.74, 6) is 0.801. The van der Waals surface area contributed by atoms with Crippen LogP contribution in [-0.4, -0.2) is 32.9 Å². The normalized spacial score (nSPS) is 12.5. The first-order chi connectivity index (χ1) is 8.13. The molecule has 1 aromatic carbocycles. The highest BCUT2D eigenvalue weighted by atomic mass is 79.9. The van der Waals surface area contributed by atoms with Gasteiger partial charge >= 0.3 is 0 Å². The molecule has 1 atom stereocenters. The molecule has 0 radical (unpaired) electrons. The second-order valence-electron chi connectivity index (χ2n) is 3.70. The molecule has 1 N–H and O–H groups in total. The monoisotopic (exact) mass is 321 g/mol. The second kappa shape index (κ2) is 7.93. The summed E-state index contributed by atoms with van der Waals surface area (Å²) in [6.07, 6.45) is 0.0873. The predicted molar refractivity (Wildman–Crippen MR) is 74.0 cm³/mol. The molecule has 0 spiro atoms. The molecular formula is C12H17BrClNO2. The van der Waals surface area contributed by atoms with Crippen molar-refractivity contribution in [2.24, 2.45) is 0 Å². The topological polar surface area (TPSA) is 30.5 Å². The van der Waals surface area contributed by atoms with Crippen molar-refractivity contribution in [3.63, 3.8) is 0 Å².